The molecule has 0 spiro atoms. The molecule has 0 aromatic carbocycles. The van der Waals surface area contributed by atoms with Gasteiger partial charge in [-0.3, -0.25) is 0 Å². The van der Waals surface area contributed by atoms with Crippen molar-refractivity contribution in [2.75, 3.05) is 0 Å². The van der Waals surface area contributed by atoms with Crippen molar-refractivity contribution in [1.29, 1.82) is 0 Å². The van der Waals surface area contributed by atoms with Gasteiger partial charge in [0, 0.05) is 18.8 Å². The highest BCUT2D eigenvalue weighted by Gasteiger charge is 2.12. The fraction of sp³-hybridized carbons (Fsp3) is 0.714. The van der Waals surface area contributed by atoms with Gasteiger partial charge in [-0.25, -0.2) is 0 Å². The maximum atomic E-state index is 4.10. The van der Waals surface area contributed by atoms with Crippen LogP contribution in [0.4, 0.5) is 0 Å². The van der Waals surface area contributed by atoms with Gasteiger partial charge in [0.1, 0.15) is 0 Å². The molecular weight excluding hydrogens is 210 g/mol. The van der Waals surface area contributed by atoms with E-state index in [1.54, 1.807) is 6.20 Å². The largest absolute Gasteiger partial charge is 0.308 e. The van der Waals surface area contributed by atoms with E-state index in [1.807, 2.05) is 12.1 Å². The number of hydrogen-bond donors (Lipinski definition) is 1. The van der Waals surface area contributed by atoms with Crippen LogP contribution in [0.5, 0.6) is 0 Å². The van der Waals surface area contributed by atoms with E-state index >= 15 is 0 Å². The molecule has 1 rings (SSSR count). The summed E-state index contributed by atoms with van der Waals surface area (Å²) in [5.41, 5.74) is 1.02. The zero-order valence-electron chi connectivity index (χ0n) is 11.5. The number of nitrogens with zero attached hydrogens (tertiary/aromatic N) is 2. The Morgan fingerprint density at radius 1 is 1.12 bits per heavy atom. The molecule has 3 heteroatoms. The monoisotopic (exact) mass is 235 g/mol. The maximum absolute atomic E-state index is 4.10. The summed E-state index contributed by atoms with van der Waals surface area (Å²) in [4.78, 5) is 0. The minimum absolute atomic E-state index is 0.581. The van der Waals surface area contributed by atoms with Gasteiger partial charge in [0.2, 0.25) is 0 Å². The molecule has 0 aliphatic heterocycles. The van der Waals surface area contributed by atoms with Gasteiger partial charge in [-0.2, -0.15) is 10.2 Å². The highest BCUT2D eigenvalue weighted by molar-refractivity contribution is 4.98. The Morgan fingerprint density at radius 3 is 2.24 bits per heavy atom. The van der Waals surface area contributed by atoms with Crippen molar-refractivity contribution >= 4 is 0 Å². The van der Waals surface area contributed by atoms with E-state index < -0.39 is 0 Å². The third kappa shape index (κ3) is 6.37. The molecule has 0 saturated carbocycles. The predicted octanol–water partition coefficient (Wildman–Crippen LogP) is 3.03. The molecular formula is C14H25N3. The van der Waals surface area contributed by atoms with E-state index in [1.165, 1.54) is 12.8 Å². The summed E-state index contributed by atoms with van der Waals surface area (Å²) in [7, 11) is 0. The second-order valence-electron chi connectivity index (χ2n) is 5.55. The third-order valence-electron chi connectivity index (χ3n) is 2.71. The standard InChI is InChI=1S/C14H25N3/c1-11(2)8-14(9-12(3)4)15-10-13-6-5-7-16-17-13/h5-7,11-12,14-15H,8-10H2,1-4H3. The van der Waals surface area contributed by atoms with Gasteiger partial charge in [-0.15, -0.1) is 0 Å². The van der Waals surface area contributed by atoms with E-state index in [9.17, 15) is 0 Å². The van der Waals surface area contributed by atoms with Gasteiger partial charge in [0.25, 0.3) is 0 Å². The normalized spacial score (nSPS) is 11.7. The average molecular weight is 235 g/mol. The van der Waals surface area contributed by atoms with Crippen molar-refractivity contribution in [2.45, 2.75) is 53.1 Å². The Kier molecular flexibility index (Phi) is 6.12. The van der Waals surface area contributed by atoms with Gasteiger partial charge in [-0.1, -0.05) is 27.7 Å². The highest BCUT2D eigenvalue weighted by atomic mass is 15.1. The first-order valence-electron chi connectivity index (χ1n) is 6.58. The van der Waals surface area contributed by atoms with Crippen molar-refractivity contribution in [1.82, 2.24) is 15.5 Å². The van der Waals surface area contributed by atoms with Crippen LogP contribution in [0.25, 0.3) is 0 Å². The van der Waals surface area contributed by atoms with Crippen molar-refractivity contribution in [3.63, 3.8) is 0 Å². The SMILES string of the molecule is CC(C)CC(CC(C)C)NCc1cccnn1. The first-order chi connectivity index (χ1) is 8.08. The quantitative estimate of drug-likeness (QED) is 0.789. The molecule has 0 bridgehead atoms. The second kappa shape index (κ2) is 7.38. The molecule has 0 aliphatic rings. The Balaban J connectivity index is 2.43. The van der Waals surface area contributed by atoms with E-state index in [0.29, 0.717) is 6.04 Å². The maximum Gasteiger partial charge on any atom is 0.0769 e. The summed E-state index contributed by atoms with van der Waals surface area (Å²) in [6.07, 6.45) is 4.15. The smallest absolute Gasteiger partial charge is 0.0769 e. The van der Waals surface area contributed by atoms with Crippen LogP contribution in [0.2, 0.25) is 0 Å². The van der Waals surface area contributed by atoms with E-state index in [-0.39, 0.29) is 0 Å². The summed E-state index contributed by atoms with van der Waals surface area (Å²) in [6.45, 7) is 9.92. The topological polar surface area (TPSA) is 37.8 Å². The van der Waals surface area contributed by atoms with Crippen molar-refractivity contribution < 1.29 is 0 Å². The molecule has 0 radical (unpaired) electrons. The molecule has 17 heavy (non-hydrogen) atoms. The molecule has 1 N–H and O–H groups in total. The van der Waals surface area contributed by atoms with Gasteiger partial charge in [-0.05, 0) is 36.8 Å². The molecule has 0 fully saturated rings. The summed E-state index contributed by atoms with van der Waals surface area (Å²) in [6, 6.07) is 4.53. The zero-order valence-corrected chi connectivity index (χ0v) is 11.5. The Labute approximate surface area is 105 Å². The Hall–Kier alpha value is -0.960. The minimum atomic E-state index is 0.581. The molecule has 0 unspecified atom stereocenters. The van der Waals surface area contributed by atoms with Gasteiger partial charge < -0.3 is 5.32 Å². The molecule has 0 atom stereocenters. The van der Waals surface area contributed by atoms with Crippen molar-refractivity contribution in [2.24, 2.45) is 11.8 Å². The summed E-state index contributed by atoms with van der Waals surface area (Å²) in [5, 5.41) is 11.6. The fourth-order valence-corrected chi connectivity index (χ4v) is 2.08. The summed E-state index contributed by atoms with van der Waals surface area (Å²) < 4.78 is 0. The number of hydrogen-bond acceptors (Lipinski definition) is 3. The summed E-state index contributed by atoms with van der Waals surface area (Å²) >= 11 is 0. The number of rotatable bonds is 7. The van der Waals surface area contributed by atoms with Crippen LogP contribution < -0.4 is 5.32 Å². The lowest BCUT2D eigenvalue weighted by Gasteiger charge is -2.22. The minimum Gasteiger partial charge on any atom is -0.308 e. The molecule has 0 saturated heterocycles. The second-order valence-corrected chi connectivity index (χ2v) is 5.55. The molecule has 1 heterocycles. The first-order valence-corrected chi connectivity index (χ1v) is 6.58. The first kappa shape index (κ1) is 14.1. The van der Waals surface area contributed by atoms with Crippen LogP contribution in [-0.2, 0) is 6.54 Å². The molecule has 96 valence electrons. The van der Waals surface area contributed by atoms with Gasteiger partial charge in [0.15, 0.2) is 0 Å². The zero-order chi connectivity index (χ0) is 12.7. The Bertz CT molecular complexity index is 286. The molecule has 0 amide bonds. The van der Waals surface area contributed by atoms with Gasteiger partial charge >= 0.3 is 0 Å². The van der Waals surface area contributed by atoms with Gasteiger partial charge in [0.05, 0.1) is 5.69 Å². The molecule has 3 nitrogen and oxygen atoms in total. The van der Waals surface area contributed by atoms with Crippen LogP contribution in [0.1, 0.15) is 46.2 Å². The van der Waals surface area contributed by atoms with Crippen LogP contribution in [-0.4, -0.2) is 16.2 Å². The fourth-order valence-electron chi connectivity index (χ4n) is 2.08. The van der Waals surface area contributed by atoms with E-state index in [2.05, 4.69) is 43.2 Å². The van der Waals surface area contributed by atoms with Crippen molar-refractivity contribution in [3.05, 3.63) is 24.0 Å². The molecule has 0 aliphatic carbocycles. The average Bonchev–Trinajstić information content (AvgIpc) is 2.26. The van der Waals surface area contributed by atoms with Crippen LogP contribution in [0.3, 0.4) is 0 Å². The highest BCUT2D eigenvalue weighted by Crippen LogP contribution is 2.13. The lowest BCUT2D eigenvalue weighted by Crippen LogP contribution is -2.31. The lowest BCUT2D eigenvalue weighted by molar-refractivity contribution is 0.356. The van der Waals surface area contributed by atoms with Crippen LogP contribution in [0, 0.1) is 11.8 Å². The number of aromatic nitrogens is 2. The van der Waals surface area contributed by atoms with E-state index in [0.717, 1.165) is 24.1 Å². The molecule has 1 aromatic rings. The number of nitrogens with one attached hydrogen (secondary N) is 1. The predicted molar refractivity (Wildman–Crippen MR) is 71.6 cm³/mol. The third-order valence-corrected chi connectivity index (χ3v) is 2.71. The summed E-state index contributed by atoms with van der Waals surface area (Å²) in [5.74, 6) is 1.46. The van der Waals surface area contributed by atoms with Crippen LogP contribution in [0.15, 0.2) is 18.3 Å². The Morgan fingerprint density at radius 2 is 1.76 bits per heavy atom. The van der Waals surface area contributed by atoms with Crippen LogP contribution >= 0.6 is 0 Å². The molecule has 1 aromatic heterocycles. The van der Waals surface area contributed by atoms with Crippen molar-refractivity contribution in [3.8, 4) is 0 Å². The van der Waals surface area contributed by atoms with E-state index in [4.69, 9.17) is 0 Å². The lowest BCUT2D eigenvalue weighted by atomic mass is 9.95.